The van der Waals surface area contributed by atoms with Crippen molar-refractivity contribution in [2.24, 2.45) is 0 Å². The standard InChI is InChI=1S/C8H10BrN3/c1-12-7-4-5(10)2-3-6(7)8(9)11/h2-4,11-12H,10H2,1H3. The minimum atomic E-state index is 0.354. The molecule has 0 saturated heterocycles. The van der Waals surface area contributed by atoms with Crippen molar-refractivity contribution in [1.29, 1.82) is 5.41 Å². The molecule has 64 valence electrons. The van der Waals surface area contributed by atoms with Gasteiger partial charge in [-0.2, -0.15) is 0 Å². The van der Waals surface area contributed by atoms with E-state index in [4.69, 9.17) is 11.1 Å². The SMILES string of the molecule is CNc1cc(N)ccc1C(=N)Br. The second-order valence-corrected chi connectivity index (χ2v) is 3.16. The molecule has 0 saturated carbocycles. The topological polar surface area (TPSA) is 61.9 Å². The van der Waals surface area contributed by atoms with E-state index in [1.807, 2.05) is 0 Å². The number of anilines is 2. The maximum absolute atomic E-state index is 7.39. The Hall–Kier alpha value is -1.03. The van der Waals surface area contributed by atoms with Crippen LogP contribution in [0.5, 0.6) is 0 Å². The van der Waals surface area contributed by atoms with Gasteiger partial charge in [-0.25, -0.2) is 0 Å². The summed E-state index contributed by atoms with van der Waals surface area (Å²) in [4.78, 5) is 0. The molecule has 0 fully saturated rings. The molecule has 0 aliphatic rings. The average Bonchev–Trinajstić information content (AvgIpc) is 2.03. The van der Waals surface area contributed by atoms with E-state index < -0.39 is 0 Å². The fourth-order valence-corrected chi connectivity index (χ4v) is 1.31. The number of hydrogen-bond donors (Lipinski definition) is 3. The van der Waals surface area contributed by atoms with E-state index in [-0.39, 0.29) is 0 Å². The summed E-state index contributed by atoms with van der Waals surface area (Å²) in [5, 5.41) is 10.4. The smallest absolute Gasteiger partial charge is 0.106 e. The van der Waals surface area contributed by atoms with Crippen molar-refractivity contribution < 1.29 is 0 Å². The summed E-state index contributed by atoms with van der Waals surface area (Å²) in [5.74, 6) is 0. The summed E-state index contributed by atoms with van der Waals surface area (Å²) >= 11 is 3.10. The van der Waals surface area contributed by atoms with E-state index in [1.54, 1.807) is 25.2 Å². The molecule has 0 heterocycles. The summed E-state index contributed by atoms with van der Waals surface area (Å²) in [6.45, 7) is 0. The van der Waals surface area contributed by atoms with Crippen LogP contribution in [-0.4, -0.2) is 11.7 Å². The second-order valence-electron chi connectivity index (χ2n) is 2.37. The molecular weight excluding hydrogens is 218 g/mol. The maximum atomic E-state index is 7.39. The van der Waals surface area contributed by atoms with E-state index in [1.165, 1.54) is 0 Å². The van der Waals surface area contributed by atoms with Crippen LogP contribution in [0.25, 0.3) is 0 Å². The Kier molecular flexibility index (Phi) is 2.70. The Balaban J connectivity index is 3.20. The molecule has 0 atom stereocenters. The maximum Gasteiger partial charge on any atom is 0.106 e. The number of nitrogen functional groups attached to an aromatic ring is 1. The van der Waals surface area contributed by atoms with Gasteiger partial charge in [0.05, 0.1) is 0 Å². The van der Waals surface area contributed by atoms with Crippen molar-refractivity contribution in [3.63, 3.8) is 0 Å². The first-order chi connectivity index (χ1) is 5.65. The van der Waals surface area contributed by atoms with Gasteiger partial charge in [-0.05, 0) is 34.1 Å². The molecule has 12 heavy (non-hydrogen) atoms. The number of hydrogen-bond acceptors (Lipinski definition) is 3. The Labute approximate surface area is 79.6 Å². The van der Waals surface area contributed by atoms with Gasteiger partial charge in [-0.1, -0.05) is 0 Å². The zero-order chi connectivity index (χ0) is 9.14. The van der Waals surface area contributed by atoms with Crippen LogP contribution in [-0.2, 0) is 0 Å². The van der Waals surface area contributed by atoms with Crippen LogP contribution in [0, 0.1) is 5.41 Å². The highest BCUT2D eigenvalue weighted by atomic mass is 79.9. The van der Waals surface area contributed by atoms with Crippen LogP contribution in [0.4, 0.5) is 11.4 Å². The van der Waals surface area contributed by atoms with Crippen molar-refractivity contribution >= 4 is 31.9 Å². The molecule has 0 aliphatic carbocycles. The fourth-order valence-electron chi connectivity index (χ4n) is 0.960. The summed E-state index contributed by atoms with van der Waals surface area (Å²) in [7, 11) is 1.80. The molecule has 1 rings (SSSR count). The summed E-state index contributed by atoms with van der Waals surface area (Å²) in [5.41, 5.74) is 7.94. The van der Waals surface area contributed by atoms with Gasteiger partial charge in [0.25, 0.3) is 0 Å². The first kappa shape index (κ1) is 9.06. The Bertz CT molecular complexity index is 309. The van der Waals surface area contributed by atoms with Crippen LogP contribution in [0.3, 0.4) is 0 Å². The molecule has 0 unspecified atom stereocenters. The molecule has 4 N–H and O–H groups in total. The number of nitrogens with one attached hydrogen (secondary N) is 2. The molecule has 0 spiro atoms. The van der Waals surface area contributed by atoms with Crippen molar-refractivity contribution in [2.45, 2.75) is 0 Å². The van der Waals surface area contributed by atoms with E-state index in [9.17, 15) is 0 Å². The molecule has 0 bridgehead atoms. The second kappa shape index (κ2) is 3.58. The minimum absolute atomic E-state index is 0.354. The van der Waals surface area contributed by atoms with Gasteiger partial charge in [0.1, 0.15) is 4.62 Å². The van der Waals surface area contributed by atoms with Crippen molar-refractivity contribution in [1.82, 2.24) is 0 Å². The van der Waals surface area contributed by atoms with E-state index in [0.717, 1.165) is 11.3 Å². The third-order valence-corrected chi connectivity index (χ3v) is 1.98. The Morgan fingerprint density at radius 1 is 1.58 bits per heavy atom. The molecule has 0 aliphatic heterocycles. The van der Waals surface area contributed by atoms with Gasteiger partial charge in [0.2, 0.25) is 0 Å². The lowest BCUT2D eigenvalue weighted by Gasteiger charge is -2.06. The Morgan fingerprint density at radius 2 is 2.25 bits per heavy atom. The normalized spacial score (nSPS) is 9.50. The predicted molar refractivity (Wildman–Crippen MR) is 56.2 cm³/mol. The largest absolute Gasteiger partial charge is 0.399 e. The van der Waals surface area contributed by atoms with E-state index in [2.05, 4.69) is 21.2 Å². The molecular formula is C8H10BrN3. The third kappa shape index (κ3) is 1.76. The van der Waals surface area contributed by atoms with Gasteiger partial charge < -0.3 is 11.1 Å². The molecule has 0 radical (unpaired) electrons. The quantitative estimate of drug-likeness (QED) is 0.535. The van der Waals surface area contributed by atoms with E-state index >= 15 is 0 Å². The molecule has 3 nitrogen and oxygen atoms in total. The van der Waals surface area contributed by atoms with Crippen molar-refractivity contribution in [2.75, 3.05) is 18.1 Å². The molecule has 0 aromatic heterocycles. The molecule has 1 aromatic carbocycles. The highest BCUT2D eigenvalue weighted by molar-refractivity contribution is 9.18. The van der Waals surface area contributed by atoms with E-state index in [0.29, 0.717) is 10.3 Å². The number of rotatable bonds is 2. The summed E-state index contributed by atoms with van der Waals surface area (Å²) in [6, 6.07) is 5.37. The van der Waals surface area contributed by atoms with Gasteiger partial charge >= 0.3 is 0 Å². The Morgan fingerprint density at radius 3 is 2.75 bits per heavy atom. The molecule has 4 heteroatoms. The number of nitrogens with two attached hydrogens (primary N) is 1. The average molecular weight is 228 g/mol. The highest BCUT2D eigenvalue weighted by Crippen LogP contribution is 2.20. The van der Waals surface area contributed by atoms with Crippen LogP contribution in [0.2, 0.25) is 0 Å². The molecule has 0 amide bonds. The van der Waals surface area contributed by atoms with Crippen molar-refractivity contribution in [3.8, 4) is 0 Å². The van der Waals surface area contributed by atoms with Crippen LogP contribution < -0.4 is 11.1 Å². The van der Waals surface area contributed by atoms with Gasteiger partial charge in [-0.3, -0.25) is 5.41 Å². The highest BCUT2D eigenvalue weighted by Gasteiger charge is 2.03. The lowest BCUT2D eigenvalue weighted by atomic mass is 10.2. The number of benzene rings is 1. The predicted octanol–water partition coefficient (Wildman–Crippen LogP) is 2.03. The van der Waals surface area contributed by atoms with Gasteiger partial charge in [-0.15, -0.1) is 0 Å². The molecule has 1 aromatic rings. The number of halogens is 1. The van der Waals surface area contributed by atoms with Gasteiger partial charge in [0.15, 0.2) is 0 Å². The lowest BCUT2D eigenvalue weighted by molar-refractivity contribution is 1.47. The zero-order valence-electron chi connectivity index (χ0n) is 6.69. The van der Waals surface area contributed by atoms with Crippen LogP contribution in [0.1, 0.15) is 5.56 Å². The minimum Gasteiger partial charge on any atom is -0.399 e. The van der Waals surface area contributed by atoms with Crippen molar-refractivity contribution in [3.05, 3.63) is 23.8 Å². The fraction of sp³-hybridized carbons (Fsp3) is 0.125. The third-order valence-electron chi connectivity index (χ3n) is 1.55. The van der Waals surface area contributed by atoms with Gasteiger partial charge in [0, 0.05) is 24.0 Å². The first-order valence-electron chi connectivity index (χ1n) is 3.47. The summed E-state index contributed by atoms with van der Waals surface area (Å²) in [6.07, 6.45) is 0. The first-order valence-corrected chi connectivity index (χ1v) is 4.26. The summed E-state index contributed by atoms with van der Waals surface area (Å²) < 4.78 is 0.354. The van der Waals surface area contributed by atoms with Crippen LogP contribution in [0.15, 0.2) is 18.2 Å². The monoisotopic (exact) mass is 227 g/mol. The zero-order valence-corrected chi connectivity index (χ0v) is 8.27. The van der Waals surface area contributed by atoms with Crippen LogP contribution >= 0.6 is 15.9 Å². The lowest BCUT2D eigenvalue weighted by Crippen LogP contribution is -1.99.